The number of benzene rings is 1. The summed E-state index contributed by atoms with van der Waals surface area (Å²) in [7, 11) is 0. The van der Waals surface area contributed by atoms with Gasteiger partial charge in [0.05, 0.1) is 0 Å². The first-order valence-electron chi connectivity index (χ1n) is 3.59. The van der Waals surface area contributed by atoms with E-state index in [9.17, 15) is 4.79 Å². The van der Waals surface area contributed by atoms with E-state index >= 15 is 0 Å². The molecule has 14 heavy (non-hydrogen) atoms. The van der Waals surface area contributed by atoms with E-state index in [0.29, 0.717) is 5.56 Å². The summed E-state index contributed by atoms with van der Waals surface area (Å²) >= 11 is 0. The summed E-state index contributed by atoms with van der Waals surface area (Å²) in [5.41, 5.74) is 5.46. The molecule has 0 aliphatic carbocycles. The largest absolute Gasteiger partial charge is 0.504 e. The maximum Gasteiger partial charge on any atom is 0.241 e. The van der Waals surface area contributed by atoms with Crippen molar-refractivity contribution < 1.29 is 15.0 Å². The fourth-order valence-electron chi connectivity index (χ4n) is 0.822. The fraction of sp³-hybridized carbons (Fsp3) is 0. The Labute approximate surface area is 87.1 Å². The average molecular weight is 216 g/mol. The van der Waals surface area contributed by atoms with Gasteiger partial charge in [-0.3, -0.25) is 4.79 Å². The molecule has 1 amide bonds. The predicted molar refractivity (Wildman–Crippen MR) is 55.2 cm³/mol. The Bertz CT molecular complexity index is 363. The zero-order valence-corrected chi connectivity index (χ0v) is 7.99. The molecule has 0 aliphatic heterocycles. The minimum absolute atomic E-state index is 0. The van der Waals surface area contributed by atoms with Crippen LogP contribution in [0.25, 0.3) is 6.08 Å². The predicted octanol–water partition coefficient (Wildman–Crippen LogP) is 1.02. The molecule has 0 bridgehead atoms. The Balaban J connectivity index is 0.00000169. The van der Waals surface area contributed by atoms with Crippen LogP contribution in [0.5, 0.6) is 11.5 Å². The number of rotatable bonds is 2. The second-order valence-corrected chi connectivity index (χ2v) is 2.48. The zero-order valence-electron chi connectivity index (χ0n) is 7.18. The number of carbonyl (C=O) groups is 1. The molecule has 1 aromatic rings. The van der Waals surface area contributed by atoms with E-state index in [0.717, 1.165) is 0 Å². The van der Waals surface area contributed by atoms with Crippen LogP contribution >= 0.6 is 12.4 Å². The molecule has 4 N–H and O–H groups in total. The lowest BCUT2D eigenvalue weighted by molar-refractivity contribution is -0.113. The molecule has 4 nitrogen and oxygen atoms in total. The lowest BCUT2D eigenvalue weighted by atomic mass is 10.2. The molecule has 1 rings (SSSR count). The first-order chi connectivity index (χ1) is 6.09. The van der Waals surface area contributed by atoms with Gasteiger partial charge in [0.1, 0.15) is 0 Å². The van der Waals surface area contributed by atoms with E-state index < -0.39 is 5.91 Å². The molecular weight excluding hydrogens is 206 g/mol. The highest BCUT2D eigenvalue weighted by Crippen LogP contribution is 2.25. The molecule has 0 atom stereocenters. The van der Waals surface area contributed by atoms with Crippen LogP contribution in [0, 0.1) is 0 Å². The van der Waals surface area contributed by atoms with Crippen LogP contribution in [-0.4, -0.2) is 16.1 Å². The van der Waals surface area contributed by atoms with Gasteiger partial charge in [0.15, 0.2) is 11.5 Å². The van der Waals surface area contributed by atoms with Gasteiger partial charge in [0.25, 0.3) is 0 Å². The van der Waals surface area contributed by atoms with E-state index in [-0.39, 0.29) is 23.9 Å². The van der Waals surface area contributed by atoms with Gasteiger partial charge in [-0.05, 0) is 23.8 Å². The molecule has 0 saturated carbocycles. The van der Waals surface area contributed by atoms with Crippen LogP contribution in [0.4, 0.5) is 0 Å². The van der Waals surface area contributed by atoms with Crippen molar-refractivity contribution in [3.8, 4) is 11.5 Å². The number of hydrogen-bond acceptors (Lipinski definition) is 3. The number of nitrogens with two attached hydrogens (primary N) is 1. The number of phenols is 2. The zero-order chi connectivity index (χ0) is 9.84. The van der Waals surface area contributed by atoms with E-state index in [1.165, 1.54) is 24.3 Å². The molecule has 76 valence electrons. The van der Waals surface area contributed by atoms with Gasteiger partial charge in [-0.25, -0.2) is 0 Å². The molecule has 0 spiro atoms. The van der Waals surface area contributed by atoms with Crippen molar-refractivity contribution in [3.05, 3.63) is 29.8 Å². The molecule has 0 aromatic heterocycles. The molecule has 0 aliphatic rings. The van der Waals surface area contributed by atoms with E-state index in [1.807, 2.05) is 0 Å². The maximum atomic E-state index is 10.3. The lowest BCUT2D eigenvalue weighted by Crippen LogP contribution is -2.04. The third kappa shape index (κ3) is 3.37. The summed E-state index contributed by atoms with van der Waals surface area (Å²) in [5.74, 6) is -0.990. The number of halogens is 1. The fourth-order valence-corrected chi connectivity index (χ4v) is 0.822. The topological polar surface area (TPSA) is 83.6 Å². The Hall–Kier alpha value is -1.68. The summed E-state index contributed by atoms with van der Waals surface area (Å²) in [4.78, 5) is 10.3. The summed E-state index contributed by atoms with van der Waals surface area (Å²) in [6, 6.07) is 4.21. The molecule has 0 unspecified atom stereocenters. The number of primary amides is 1. The Morgan fingerprint density at radius 3 is 2.43 bits per heavy atom. The van der Waals surface area contributed by atoms with Crippen molar-refractivity contribution in [2.75, 3.05) is 0 Å². The van der Waals surface area contributed by atoms with Crippen LogP contribution in [0.15, 0.2) is 24.3 Å². The summed E-state index contributed by atoms with van der Waals surface area (Å²) in [5, 5.41) is 18.0. The molecule has 0 saturated heterocycles. The smallest absolute Gasteiger partial charge is 0.241 e. The normalized spacial score (nSPS) is 9.71. The van der Waals surface area contributed by atoms with E-state index in [2.05, 4.69) is 0 Å². The van der Waals surface area contributed by atoms with Gasteiger partial charge in [-0.1, -0.05) is 6.07 Å². The first-order valence-corrected chi connectivity index (χ1v) is 3.59. The van der Waals surface area contributed by atoms with Gasteiger partial charge in [-0.15, -0.1) is 12.4 Å². The van der Waals surface area contributed by atoms with E-state index in [4.69, 9.17) is 15.9 Å². The van der Waals surface area contributed by atoms with Crippen molar-refractivity contribution >= 4 is 24.4 Å². The van der Waals surface area contributed by atoms with Crippen molar-refractivity contribution in [3.63, 3.8) is 0 Å². The standard InChI is InChI=1S/C9H9NO3.ClH/c10-9(13)4-2-6-1-3-7(11)8(12)5-6;/h1-5,11-12H,(H2,10,13);1H/b4-2+;. The highest BCUT2D eigenvalue weighted by molar-refractivity contribution is 5.90. The number of phenolic OH excluding ortho intramolecular Hbond substituents is 2. The van der Waals surface area contributed by atoms with Crippen molar-refractivity contribution in [1.82, 2.24) is 0 Å². The van der Waals surface area contributed by atoms with Crippen LogP contribution in [0.2, 0.25) is 0 Å². The number of hydrogen-bond donors (Lipinski definition) is 3. The molecule has 1 aromatic carbocycles. The van der Waals surface area contributed by atoms with Gasteiger partial charge in [0.2, 0.25) is 5.91 Å². The van der Waals surface area contributed by atoms with Gasteiger partial charge in [0, 0.05) is 6.08 Å². The van der Waals surface area contributed by atoms with Crippen molar-refractivity contribution in [1.29, 1.82) is 0 Å². The summed E-state index contributed by atoms with van der Waals surface area (Å²) < 4.78 is 0. The third-order valence-electron chi connectivity index (χ3n) is 1.44. The van der Waals surface area contributed by atoms with Gasteiger partial charge < -0.3 is 15.9 Å². The minimum atomic E-state index is -0.562. The van der Waals surface area contributed by atoms with Crippen LogP contribution in [-0.2, 0) is 4.79 Å². The van der Waals surface area contributed by atoms with Crippen molar-refractivity contribution in [2.24, 2.45) is 5.73 Å². The monoisotopic (exact) mass is 215 g/mol. The maximum absolute atomic E-state index is 10.3. The highest BCUT2D eigenvalue weighted by Gasteiger charge is 1.97. The quantitative estimate of drug-likeness (QED) is 0.509. The average Bonchev–Trinajstić information content (AvgIpc) is 2.07. The molecular formula is C9H10ClNO3. The second-order valence-electron chi connectivity index (χ2n) is 2.48. The lowest BCUT2D eigenvalue weighted by Gasteiger charge is -1.97. The SMILES string of the molecule is Cl.NC(=O)/C=C/c1ccc(O)c(O)c1. The molecule has 0 heterocycles. The summed E-state index contributed by atoms with van der Waals surface area (Å²) in [6.45, 7) is 0. The molecule has 0 fully saturated rings. The van der Waals surface area contributed by atoms with Crippen LogP contribution in [0.1, 0.15) is 5.56 Å². The van der Waals surface area contributed by atoms with Crippen molar-refractivity contribution in [2.45, 2.75) is 0 Å². The van der Waals surface area contributed by atoms with E-state index in [1.54, 1.807) is 6.07 Å². The number of carbonyl (C=O) groups excluding carboxylic acids is 1. The molecule has 0 radical (unpaired) electrons. The third-order valence-corrected chi connectivity index (χ3v) is 1.44. The first kappa shape index (κ1) is 12.3. The number of amides is 1. The Kier molecular flexibility index (Phi) is 4.52. The second kappa shape index (κ2) is 5.14. The summed E-state index contributed by atoms with van der Waals surface area (Å²) in [6.07, 6.45) is 2.62. The Morgan fingerprint density at radius 1 is 1.29 bits per heavy atom. The Morgan fingerprint density at radius 2 is 1.93 bits per heavy atom. The van der Waals surface area contributed by atoms with Gasteiger partial charge >= 0.3 is 0 Å². The highest BCUT2D eigenvalue weighted by atomic mass is 35.5. The van der Waals surface area contributed by atoms with Crippen LogP contribution < -0.4 is 5.73 Å². The van der Waals surface area contributed by atoms with Gasteiger partial charge in [-0.2, -0.15) is 0 Å². The molecule has 5 heteroatoms. The minimum Gasteiger partial charge on any atom is -0.504 e. The van der Waals surface area contributed by atoms with Crippen LogP contribution in [0.3, 0.4) is 0 Å². The number of aromatic hydroxyl groups is 2.